The monoisotopic (exact) mass is 213 g/mol. The van der Waals surface area contributed by atoms with Crippen molar-refractivity contribution in [2.75, 3.05) is 0 Å². The van der Waals surface area contributed by atoms with E-state index in [-0.39, 0.29) is 0 Å². The van der Waals surface area contributed by atoms with Gasteiger partial charge in [-0.05, 0) is 31.2 Å². The van der Waals surface area contributed by atoms with E-state index in [0.29, 0.717) is 0 Å². The number of rotatable bonds is 0. The van der Waals surface area contributed by atoms with E-state index in [1.807, 2.05) is 57.2 Å². The standard InChI is InChI=1S/C12H9NO.C2H6/c1-8-6-7-11-12(13-8)9-4-2-3-5-10(9)14-11;1-2/h2-7H,1H3;1-2H3. The van der Waals surface area contributed by atoms with Gasteiger partial charge in [0.05, 0.1) is 0 Å². The van der Waals surface area contributed by atoms with Crippen molar-refractivity contribution in [1.29, 1.82) is 0 Å². The molecule has 2 aromatic heterocycles. The zero-order chi connectivity index (χ0) is 11.5. The van der Waals surface area contributed by atoms with E-state index >= 15 is 0 Å². The number of furan rings is 1. The Morgan fingerprint density at radius 1 is 0.938 bits per heavy atom. The summed E-state index contributed by atoms with van der Waals surface area (Å²) in [5.41, 5.74) is 3.74. The maximum Gasteiger partial charge on any atom is 0.153 e. The first-order valence-electron chi connectivity index (χ1n) is 5.59. The number of benzene rings is 1. The Kier molecular flexibility index (Phi) is 2.91. The van der Waals surface area contributed by atoms with Crippen LogP contribution in [0.3, 0.4) is 0 Å². The molecule has 0 spiro atoms. The van der Waals surface area contributed by atoms with Crippen molar-refractivity contribution in [3.63, 3.8) is 0 Å². The molecule has 82 valence electrons. The number of hydrogen-bond donors (Lipinski definition) is 0. The van der Waals surface area contributed by atoms with Crippen LogP contribution in [0.5, 0.6) is 0 Å². The van der Waals surface area contributed by atoms with E-state index in [1.165, 1.54) is 0 Å². The molecule has 0 bridgehead atoms. The summed E-state index contributed by atoms with van der Waals surface area (Å²) in [5.74, 6) is 0. The largest absolute Gasteiger partial charge is 0.454 e. The Balaban J connectivity index is 0.000000457. The van der Waals surface area contributed by atoms with Crippen molar-refractivity contribution in [3.05, 3.63) is 42.1 Å². The molecule has 3 aromatic rings. The first-order chi connectivity index (χ1) is 7.84. The molecule has 2 heterocycles. The van der Waals surface area contributed by atoms with Crippen molar-refractivity contribution < 1.29 is 4.42 Å². The van der Waals surface area contributed by atoms with Gasteiger partial charge in [0.25, 0.3) is 0 Å². The summed E-state index contributed by atoms with van der Waals surface area (Å²) < 4.78 is 5.64. The summed E-state index contributed by atoms with van der Waals surface area (Å²) >= 11 is 0. The zero-order valence-corrected chi connectivity index (χ0v) is 9.82. The van der Waals surface area contributed by atoms with Gasteiger partial charge >= 0.3 is 0 Å². The number of para-hydroxylation sites is 1. The van der Waals surface area contributed by atoms with Gasteiger partial charge in [0.1, 0.15) is 11.1 Å². The molecule has 0 saturated heterocycles. The van der Waals surface area contributed by atoms with Gasteiger partial charge in [0.2, 0.25) is 0 Å². The maximum absolute atomic E-state index is 5.64. The first kappa shape index (κ1) is 10.7. The molecule has 0 N–H and O–H groups in total. The van der Waals surface area contributed by atoms with E-state index in [2.05, 4.69) is 4.98 Å². The number of nitrogens with zero attached hydrogens (tertiary/aromatic N) is 1. The highest BCUT2D eigenvalue weighted by Crippen LogP contribution is 2.26. The van der Waals surface area contributed by atoms with Crippen molar-refractivity contribution in [2.24, 2.45) is 0 Å². The van der Waals surface area contributed by atoms with Crippen LogP contribution in [0.1, 0.15) is 19.5 Å². The molecule has 1 aromatic carbocycles. The summed E-state index contributed by atoms with van der Waals surface area (Å²) in [4.78, 5) is 4.47. The molecule has 0 radical (unpaired) electrons. The lowest BCUT2D eigenvalue weighted by atomic mass is 10.2. The lowest BCUT2D eigenvalue weighted by Gasteiger charge is -1.90. The molecule has 0 aliphatic heterocycles. The van der Waals surface area contributed by atoms with E-state index in [4.69, 9.17) is 4.42 Å². The summed E-state index contributed by atoms with van der Waals surface area (Å²) in [5, 5.41) is 1.09. The van der Waals surface area contributed by atoms with Gasteiger partial charge in [-0.25, -0.2) is 4.98 Å². The zero-order valence-electron chi connectivity index (χ0n) is 9.82. The molecular weight excluding hydrogens is 198 g/mol. The first-order valence-corrected chi connectivity index (χ1v) is 5.59. The fraction of sp³-hybridized carbons (Fsp3) is 0.214. The quantitative estimate of drug-likeness (QED) is 0.556. The topological polar surface area (TPSA) is 26.0 Å². The SMILES string of the molecule is CC.Cc1ccc2oc3ccccc3c2n1. The number of aryl methyl sites for hydroxylation is 1. The second kappa shape index (κ2) is 4.35. The van der Waals surface area contributed by atoms with Crippen LogP contribution in [0, 0.1) is 6.92 Å². The molecular formula is C14H15NO. The highest BCUT2D eigenvalue weighted by atomic mass is 16.3. The van der Waals surface area contributed by atoms with Crippen molar-refractivity contribution in [2.45, 2.75) is 20.8 Å². The Bertz CT molecular complexity index is 610. The van der Waals surface area contributed by atoms with Crippen molar-refractivity contribution in [1.82, 2.24) is 4.98 Å². The fourth-order valence-electron chi connectivity index (χ4n) is 1.69. The second-order valence-corrected chi connectivity index (χ2v) is 3.40. The molecule has 0 unspecified atom stereocenters. The summed E-state index contributed by atoms with van der Waals surface area (Å²) in [6.07, 6.45) is 0. The minimum Gasteiger partial charge on any atom is -0.454 e. The summed E-state index contributed by atoms with van der Waals surface area (Å²) in [7, 11) is 0. The molecule has 2 nitrogen and oxygen atoms in total. The van der Waals surface area contributed by atoms with Crippen LogP contribution in [0.25, 0.3) is 22.1 Å². The predicted molar refractivity (Wildman–Crippen MR) is 67.6 cm³/mol. The van der Waals surface area contributed by atoms with Gasteiger partial charge in [-0.1, -0.05) is 26.0 Å². The van der Waals surface area contributed by atoms with E-state index < -0.39 is 0 Å². The molecule has 0 amide bonds. The minimum absolute atomic E-state index is 0.858. The molecule has 2 heteroatoms. The molecule has 0 fully saturated rings. The maximum atomic E-state index is 5.64. The van der Waals surface area contributed by atoms with E-state index in [9.17, 15) is 0 Å². The molecule has 0 saturated carbocycles. The van der Waals surface area contributed by atoms with Crippen LogP contribution in [0.15, 0.2) is 40.8 Å². The van der Waals surface area contributed by atoms with Gasteiger partial charge in [-0.15, -0.1) is 0 Å². The van der Waals surface area contributed by atoms with Crippen LogP contribution < -0.4 is 0 Å². The van der Waals surface area contributed by atoms with Crippen LogP contribution >= 0.6 is 0 Å². The van der Waals surface area contributed by atoms with Gasteiger partial charge in [0, 0.05) is 11.1 Å². The number of fused-ring (bicyclic) bond motifs is 3. The van der Waals surface area contributed by atoms with E-state index in [1.54, 1.807) is 0 Å². The third kappa shape index (κ3) is 1.67. The molecule has 0 aliphatic rings. The Hall–Kier alpha value is -1.83. The number of aromatic nitrogens is 1. The normalized spacial score (nSPS) is 10.2. The third-order valence-electron chi connectivity index (χ3n) is 2.36. The highest BCUT2D eigenvalue weighted by molar-refractivity contribution is 6.02. The lowest BCUT2D eigenvalue weighted by molar-refractivity contribution is 0.668. The van der Waals surface area contributed by atoms with Gasteiger partial charge in [0.15, 0.2) is 5.58 Å². The average molecular weight is 213 g/mol. The second-order valence-electron chi connectivity index (χ2n) is 3.40. The predicted octanol–water partition coefficient (Wildman–Crippen LogP) is 4.32. The van der Waals surface area contributed by atoms with Crippen molar-refractivity contribution >= 4 is 22.1 Å². The van der Waals surface area contributed by atoms with Crippen LogP contribution in [0.2, 0.25) is 0 Å². The smallest absolute Gasteiger partial charge is 0.153 e. The van der Waals surface area contributed by atoms with E-state index in [0.717, 1.165) is 27.8 Å². The summed E-state index contributed by atoms with van der Waals surface area (Å²) in [6, 6.07) is 11.9. The lowest BCUT2D eigenvalue weighted by Crippen LogP contribution is -1.78. The average Bonchev–Trinajstić information content (AvgIpc) is 2.70. The molecule has 0 atom stereocenters. The molecule has 3 rings (SSSR count). The van der Waals surface area contributed by atoms with Gasteiger partial charge < -0.3 is 4.42 Å². The molecule has 16 heavy (non-hydrogen) atoms. The van der Waals surface area contributed by atoms with Gasteiger partial charge in [-0.3, -0.25) is 0 Å². The minimum atomic E-state index is 0.858. The third-order valence-corrected chi connectivity index (χ3v) is 2.36. The Morgan fingerprint density at radius 3 is 2.50 bits per heavy atom. The van der Waals surface area contributed by atoms with Crippen molar-refractivity contribution in [3.8, 4) is 0 Å². The fourth-order valence-corrected chi connectivity index (χ4v) is 1.69. The molecule has 0 aliphatic carbocycles. The number of hydrogen-bond acceptors (Lipinski definition) is 2. The van der Waals surface area contributed by atoms with Crippen LogP contribution in [-0.2, 0) is 0 Å². The Labute approximate surface area is 94.9 Å². The van der Waals surface area contributed by atoms with Crippen LogP contribution in [0.4, 0.5) is 0 Å². The highest BCUT2D eigenvalue weighted by Gasteiger charge is 2.06. The number of pyridine rings is 1. The Morgan fingerprint density at radius 2 is 1.69 bits per heavy atom. The van der Waals surface area contributed by atoms with Gasteiger partial charge in [-0.2, -0.15) is 0 Å². The van der Waals surface area contributed by atoms with Crippen LogP contribution in [-0.4, -0.2) is 4.98 Å². The summed E-state index contributed by atoms with van der Waals surface area (Å²) in [6.45, 7) is 5.99.